The number of nitrogens with one attached hydrogen (secondary N) is 1. The van der Waals surface area contributed by atoms with Gasteiger partial charge in [0.2, 0.25) is 5.91 Å². The van der Waals surface area contributed by atoms with Gasteiger partial charge in [0.25, 0.3) is 0 Å². The fraction of sp³-hybridized carbons (Fsp3) is 0.462. The summed E-state index contributed by atoms with van der Waals surface area (Å²) in [5.74, 6) is 0.377. The molecule has 0 bridgehead atoms. The van der Waals surface area contributed by atoms with Crippen LogP contribution >= 0.6 is 11.3 Å². The van der Waals surface area contributed by atoms with Crippen LogP contribution in [0.2, 0.25) is 0 Å². The number of hydrogen-bond acceptors (Lipinski definition) is 4. The monoisotopic (exact) mass is 278 g/mol. The number of rotatable bonds is 6. The fourth-order valence-electron chi connectivity index (χ4n) is 1.77. The molecule has 0 saturated heterocycles. The molecule has 1 amide bonds. The van der Waals surface area contributed by atoms with Crippen molar-refractivity contribution < 1.29 is 4.79 Å². The van der Waals surface area contributed by atoms with Crippen molar-refractivity contribution in [3.63, 3.8) is 0 Å². The zero-order valence-electron chi connectivity index (χ0n) is 11.1. The molecule has 5 nitrogen and oxygen atoms in total. The van der Waals surface area contributed by atoms with Crippen molar-refractivity contribution in [2.24, 2.45) is 5.92 Å². The van der Waals surface area contributed by atoms with Gasteiger partial charge in [0.05, 0.1) is 31.4 Å². The number of amides is 1. The normalized spacial score (nSPS) is 12.6. The van der Waals surface area contributed by atoms with Crippen LogP contribution in [0.15, 0.2) is 29.2 Å². The Morgan fingerprint density at radius 1 is 1.42 bits per heavy atom. The summed E-state index contributed by atoms with van der Waals surface area (Å²) in [4.78, 5) is 13.6. The van der Waals surface area contributed by atoms with Crippen molar-refractivity contribution in [2.75, 3.05) is 0 Å². The molecule has 2 heterocycles. The molecular weight excluding hydrogens is 260 g/mol. The Labute approximate surface area is 116 Å². The third-order valence-electron chi connectivity index (χ3n) is 2.92. The van der Waals surface area contributed by atoms with E-state index in [2.05, 4.69) is 29.4 Å². The minimum atomic E-state index is 0.0403. The minimum Gasteiger partial charge on any atom is -0.351 e. The number of aromatic nitrogens is 3. The first-order valence-corrected chi connectivity index (χ1v) is 7.24. The van der Waals surface area contributed by atoms with E-state index in [0.29, 0.717) is 18.9 Å². The van der Waals surface area contributed by atoms with Crippen molar-refractivity contribution in [2.45, 2.75) is 32.9 Å². The molecule has 0 aliphatic rings. The van der Waals surface area contributed by atoms with E-state index in [0.717, 1.165) is 5.56 Å². The van der Waals surface area contributed by atoms with Gasteiger partial charge < -0.3 is 5.32 Å². The molecular formula is C13H18N4OS. The van der Waals surface area contributed by atoms with E-state index in [1.54, 1.807) is 28.5 Å². The molecule has 6 heteroatoms. The number of thiophene rings is 1. The van der Waals surface area contributed by atoms with Gasteiger partial charge in [-0.1, -0.05) is 13.8 Å². The standard InChI is InChI=1S/C13H18N4OS/c1-10(2)12(8-17-14-4-5-15-17)16-13(18)7-11-3-6-19-9-11/h3-6,9-10,12H,7-8H2,1-2H3,(H,16,18). The molecule has 1 atom stereocenters. The van der Waals surface area contributed by atoms with Gasteiger partial charge in [0.1, 0.15) is 0 Å². The molecule has 2 rings (SSSR count). The zero-order chi connectivity index (χ0) is 13.7. The summed E-state index contributed by atoms with van der Waals surface area (Å²) < 4.78 is 0. The average Bonchev–Trinajstić information content (AvgIpc) is 3.00. The molecule has 0 aliphatic carbocycles. The topological polar surface area (TPSA) is 59.8 Å². The number of carbonyl (C=O) groups is 1. The third kappa shape index (κ3) is 4.17. The van der Waals surface area contributed by atoms with E-state index >= 15 is 0 Å². The lowest BCUT2D eigenvalue weighted by Gasteiger charge is -2.21. The van der Waals surface area contributed by atoms with Crippen LogP contribution in [0.1, 0.15) is 19.4 Å². The maximum Gasteiger partial charge on any atom is 0.224 e. The van der Waals surface area contributed by atoms with Gasteiger partial charge >= 0.3 is 0 Å². The van der Waals surface area contributed by atoms with Crippen molar-refractivity contribution in [1.82, 2.24) is 20.3 Å². The lowest BCUT2D eigenvalue weighted by molar-refractivity contribution is -0.121. The van der Waals surface area contributed by atoms with E-state index in [9.17, 15) is 4.79 Å². The first-order chi connectivity index (χ1) is 9.15. The van der Waals surface area contributed by atoms with Crippen LogP contribution in [0.5, 0.6) is 0 Å². The molecule has 0 aromatic carbocycles. The molecule has 1 N–H and O–H groups in total. The second-order valence-corrected chi connectivity index (χ2v) is 5.59. The quantitative estimate of drug-likeness (QED) is 0.875. The summed E-state index contributed by atoms with van der Waals surface area (Å²) in [5, 5.41) is 15.2. The summed E-state index contributed by atoms with van der Waals surface area (Å²) in [6.07, 6.45) is 3.72. The maximum atomic E-state index is 12.0. The Kier molecular flexibility index (Phi) is 4.68. The second-order valence-electron chi connectivity index (χ2n) is 4.81. The Hall–Kier alpha value is -1.69. The number of carbonyl (C=O) groups excluding carboxylic acids is 1. The molecule has 0 spiro atoms. The molecule has 0 saturated carbocycles. The van der Waals surface area contributed by atoms with Crippen molar-refractivity contribution in [3.05, 3.63) is 34.8 Å². The minimum absolute atomic E-state index is 0.0403. The fourth-order valence-corrected chi connectivity index (χ4v) is 2.44. The lowest BCUT2D eigenvalue weighted by Crippen LogP contribution is -2.42. The van der Waals surface area contributed by atoms with Crippen LogP contribution < -0.4 is 5.32 Å². The molecule has 0 radical (unpaired) electrons. The van der Waals surface area contributed by atoms with Gasteiger partial charge in [-0.3, -0.25) is 4.79 Å². The van der Waals surface area contributed by atoms with Crippen LogP contribution in [0, 0.1) is 5.92 Å². The molecule has 102 valence electrons. The van der Waals surface area contributed by atoms with E-state index in [-0.39, 0.29) is 11.9 Å². The largest absolute Gasteiger partial charge is 0.351 e. The highest BCUT2D eigenvalue weighted by Gasteiger charge is 2.17. The van der Waals surface area contributed by atoms with Gasteiger partial charge in [-0.25, -0.2) is 0 Å². The first kappa shape index (κ1) is 13.7. The Bertz CT molecular complexity index is 493. The molecule has 0 fully saturated rings. The molecule has 1 unspecified atom stereocenters. The predicted octanol–water partition coefficient (Wildman–Crippen LogP) is 1.72. The summed E-state index contributed by atoms with van der Waals surface area (Å²) in [7, 11) is 0. The van der Waals surface area contributed by atoms with Crippen LogP contribution in [-0.2, 0) is 17.8 Å². The van der Waals surface area contributed by atoms with E-state index in [1.807, 2.05) is 16.8 Å². The highest BCUT2D eigenvalue weighted by atomic mass is 32.1. The van der Waals surface area contributed by atoms with Crippen molar-refractivity contribution >= 4 is 17.2 Å². The van der Waals surface area contributed by atoms with Crippen molar-refractivity contribution in [3.8, 4) is 0 Å². The highest BCUT2D eigenvalue weighted by Crippen LogP contribution is 2.08. The van der Waals surface area contributed by atoms with Crippen LogP contribution in [0.4, 0.5) is 0 Å². The Morgan fingerprint density at radius 3 is 2.74 bits per heavy atom. The van der Waals surface area contributed by atoms with Crippen LogP contribution in [0.25, 0.3) is 0 Å². The molecule has 0 aliphatic heterocycles. The van der Waals surface area contributed by atoms with Gasteiger partial charge in [0.15, 0.2) is 0 Å². The highest BCUT2D eigenvalue weighted by molar-refractivity contribution is 7.07. The van der Waals surface area contributed by atoms with Gasteiger partial charge in [0, 0.05) is 0 Å². The van der Waals surface area contributed by atoms with E-state index in [4.69, 9.17) is 0 Å². The first-order valence-electron chi connectivity index (χ1n) is 6.29. The number of hydrogen-bond donors (Lipinski definition) is 1. The number of nitrogens with zero attached hydrogens (tertiary/aromatic N) is 3. The summed E-state index contributed by atoms with van der Waals surface area (Å²) in [6.45, 7) is 4.76. The zero-order valence-corrected chi connectivity index (χ0v) is 11.9. The summed E-state index contributed by atoms with van der Waals surface area (Å²) in [5.41, 5.74) is 1.06. The SMILES string of the molecule is CC(C)C(Cn1nccn1)NC(=O)Cc1ccsc1. The van der Waals surface area contributed by atoms with Gasteiger partial charge in [-0.15, -0.1) is 0 Å². The van der Waals surface area contributed by atoms with Crippen molar-refractivity contribution in [1.29, 1.82) is 0 Å². The molecule has 2 aromatic rings. The van der Waals surface area contributed by atoms with Crippen LogP contribution in [0.3, 0.4) is 0 Å². The Morgan fingerprint density at radius 2 is 2.16 bits per heavy atom. The predicted molar refractivity (Wildman–Crippen MR) is 74.8 cm³/mol. The lowest BCUT2D eigenvalue weighted by atomic mass is 10.0. The summed E-state index contributed by atoms with van der Waals surface area (Å²) in [6, 6.07) is 2.02. The van der Waals surface area contributed by atoms with Crippen LogP contribution in [-0.4, -0.2) is 26.9 Å². The second kappa shape index (κ2) is 6.47. The van der Waals surface area contributed by atoms with E-state index < -0.39 is 0 Å². The van der Waals surface area contributed by atoms with E-state index in [1.165, 1.54) is 0 Å². The van der Waals surface area contributed by atoms with Gasteiger partial charge in [-0.2, -0.15) is 26.3 Å². The van der Waals surface area contributed by atoms with Gasteiger partial charge in [-0.05, 0) is 28.3 Å². The molecule has 19 heavy (non-hydrogen) atoms. The molecule has 2 aromatic heterocycles. The maximum absolute atomic E-state index is 12.0. The average molecular weight is 278 g/mol. The smallest absolute Gasteiger partial charge is 0.224 e. The Balaban J connectivity index is 1.91. The third-order valence-corrected chi connectivity index (χ3v) is 3.65. The summed E-state index contributed by atoms with van der Waals surface area (Å²) >= 11 is 1.61.